The molecular formula is C9H15NO. The fourth-order valence-corrected chi connectivity index (χ4v) is 0.857. The minimum atomic E-state index is 0. The Bertz CT molecular complexity index is 299. The summed E-state index contributed by atoms with van der Waals surface area (Å²) in [5.74, 6) is 0. The van der Waals surface area contributed by atoms with Crippen LogP contribution in [-0.2, 0) is 7.05 Å². The van der Waals surface area contributed by atoms with Crippen molar-refractivity contribution in [2.45, 2.75) is 21.3 Å². The molecule has 1 aromatic rings. The molecule has 0 unspecified atom stereocenters. The summed E-state index contributed by atoms with van der Waals surface area (Å²) in [5, 5.41) is 0. The molecule has 1 aromatic heterocycles. The van der Waals surface area contributed by atoms with Crippen LogP contribution in [-0.4, -0.2) is 4.57 Å². The lowest BCUT2D eigenvalue weighted by Crippen LogP contribution is -2.15. The SMILES string of the molecule is C.Cc1cc(=O)n(C)cc1C. The molecule has 0 spiro atoms. The van der Waals surface area contributed by atoms with E-state index in [-0.39, 0.29) is 13.0 Å². The van der Waals surface area contributed by atoms with E-state index in [1.54, 1.807) is 17.7 Å². The molecule has 11 heavy (non-hydrogen) atoms. The van der Waals surface area contributed by atoms with Crippen LogP contribution in [0, 0.1) is 13.8 Å². The maximum absolute atomic E-state index is 11.0. The zero-order chi connectivity index (χ0) is 7.72. The van der Waals surface area contributed by atoms with E-state index >= 15 is 0 Å². The third-order valence-electron chi connectivity index (χ3n) is 1.70. The Labute approximate surface area is 67.5 Å². The Morgan fingerprint density at radius 3 is 2.27 bits per heavy atom. The molecule has 0 fully saturated rings. The van der Waals surface area contributed by atoms with E-state index in [2.05, 4.69) is 0 Å². The highest BCUT2D eigenvalue weighted by molar-refractivity contribution is 5.19. The maximum Gasteiger partial charge on any atom is 0.250 e. The molecule has 0 amide bonds. The van der Waals surface area contributed by atoms with Gasteiger partial charge in [-0.3, -0.25) is 4.79 Å². The molecule has 1 rings (SSSR count). The molecule has 0 aliphatic heterocycles. The lowest BCUT2D eigenvalue weighted by Gasteiger charge is -2.00. The van der Waals surface area contributed by atoms with Crippen LogP contribution in [0.25, 0.3) is 0 Å². The first kappa shape index (κ1) is 9.95. The van der Waals surface area contributed by atoms with Gasteiger partial charge in [0.1, 0.15) is 0 Å². The summed E-state index contributed by atoms with van der Waals surface area (Å²) in [6.07, 6.45) is 1.84. The second-order valence-electron chi connectivity index (χ2n) is 2.59. The molecule has 2 nitrogen and oxygen atoms in total. The van der Waals surface area contributed by atoms with Crippen LogP contribution in [0.1, 0.15) is 18.6 Å². The highest BCUT2D eigenvalue weighted by Crippen LogP contribution is 1.99. The number of hydrogen-bond acceptors (Lipinski definition) is 1. The van der Waals surface area contributed by atoms with E-state index in [4.69, 9.17) is 0 Å². The molecule has 1 heterocycles. The van der Waals surface area contributed by atoms with Crippen molar-refractivity contribution in [3.05, 3.63) is 33.7 Å². The predicted octanol–water partition coefficient (Wildman–Crippen LogP) is 1.64. The van der Waals surface area contributed by atoms with Gasteiger partial charge in [-0.1, -0.05) is 7.43 Å². The Hall–Kier alpha value is -1.05. The summed E-state index contributed by atoms with van der Waals surface area (Å²) in [7, 11) is 1.76. The van der Waals surface area contributed by atoms with Crippen LogP contribution < -0.4 is 5.56 Å². The van der Waals surface area contributed by atoms with Gasteiger partial charge in [-0.05, 0) is 25.0 Å². The molecule has 0 aliphatic rings. The van der Waals surface area contributed by atoms with Crippen molar-refractivity contribution in [1.82, 2.24) is 4.57 Å². The van der Waals surface area contributed by atoms with Crippen LogP contribution in [0.2, 0.25) is 0 Å². The predicted molar refractivity (Wildman–Crippen MR) is 47.9 cm³/mol. The van der Waals surface area contributed by atoms with Gasteiger partial charge in [0.2, 0.25) is 0 Å². The van der Waals surface area contributed by atoms with Gasteiger partial charge in [0.05, 0.1) is 0 Å². The summed E-state index contributed by atoms with van der Waals surface area (Å²) < 4.78 is 1.59. The van der Waals surface area contributed by atoms with E-state index < -0.39 is 0 Å². The van der Waals surface area contributed by atoms with Crippen molar-refractivity contribution < 1.29 is 0 Å². The minimum absolute atomic E-state index is 0. The first-order valence-electron chi connectivity index (χ1n) is 3.25. The van der Waals surface area contributed by atoms with Crippen LogP contribution in [0.4, 0.5) is 0 Å². The molecule has 2 heteroatoms. The van der Waals surface area contributed by atoms with Gasteiger partial charge in [-0.15, -0.1) is 0 Å². The molecule has 0 atom stereocenters. The Morgan fingerprint density at radius 2 is 1.82 bits per heavy atom. The van der Waals surface area contributed by atoms with Crippen molar-refractivity contribution in [1.29, 1.82) is 0 Å². The number of rotatable bonds is 0. The highest BCUT2D eigenvalue weighted by Gasteiger charge is 1.93. The first-order valence-corrected chi connectivity index (χ1v) is 3.25. The van der Waals surface area contributed by atoms with Crippen molar-refractivity contribution in [2.24, 2.45) is 7.05 Å². The third kappa shape index (κ3) is 1.93. The van der Waals surface area contributed by atoms with Crippen molar-refractivity contribution in [3.63, 3.8) is 0 Å². The quantitative estimate of drug-likeness (QED) is 0.555. The summed E-state index contributed by atoms with van der Waals surface area (Å²) >= 11 is 0. The average Bonchev–Trinajstić information content (AvgIpc) is 1.84. The number of hydrogen-bond donors (Lipinski definition) is 0. The van der Waals surface area contributed by atoms with E-state index in [0.717, 1.165) is 11.1 Å². The molecule has 0 saturated carbocycles. The first-order chi connectivity index (χ1) is 4.61. The molecule has 0 saturated heterocycles. The van der Waals surface area contributed by atoms with E-state index in [1.165, 1.54) is 0 Å². The van der Waals surface area contributed by atoms with Gasteiger partial charge < -0.3 is 4.57 Å². The van der Waals surface area contributed by atoms with Gasteiger partial charge in [0, 0.05) is 19.3 Å². The van der Waals surface area contributed by atoms with Crippen LogP contribution in [0.3, 0.4) is 0 Å². The second-order valence-corrected chi connectivity index (χ2v) is 2.59. The lowest BCUT2D eigenvalue weighted by atomic mass is 10.2. The van der Waals surface area contributed by atoms with Crippen LogP contribution in [0.15, 0.2) is 17.1 Å². The maximum atomic E-state index is 11.0. The van der Waals surface area contributed by atoms with Crippen LogP contribution in [0.5, 0.6) is 0 Å². The molecule has 0 aliphatic carbocycles. The molecule has 0 bridgehead atoms. The van der Waals surface area contributed by atoms with E-state index in [0.29, 0.717) is 0 Å². The monoisotopic (exact) mass is 153 g/mol. The fraction of sp³-hybridized carbons (Fsp3) is 0.444. The summed E-state index contributed by atoms with van der Waals surface area (Å²) in [4.78, 5) is 11.0. The number of pyridine rings is 1. The number of nitrogens with zero attached hydrogens (tertiary/aromatic N) is 1. The van der Waals surface area contributed by atoms with Crippen molar-refractivity contribution >= 4 is 0 Å². The van der Waals surface area contributed by atoms with Gasteiger partial charge in [-0.2, -0.15) is 0 Å². The molecule has 0 N–H and O–H groups in total. The average molecular weight is 153 g/mol. The normalized spacial score (nSPS) is 9.00. The molecule has 0 aromatic carbocycles. The summed E-state index contributed by atoms with van der Waals surface area (Å²) in [6, 6.07) is 1.65. The summed E-state index contributed by atoms with van der Waals surface area (Å²) in [5.41, 5.74) is 2.27. The molecular weight excluding hydrogens is 138 g/mol. The molecule has 62 valence electrons. The topological polar surface area (TPSA) is 22.0 Å². The Kier molecular flexibility index (Phi) is 3.05. The largest absolute Gasteiger partial charge is 0.318 e. The van der Waals surface area contributed by atoms with Gasteiger partial charge in [-0.25, -0.2) is 0 Å². The standard InChI is InChI=1S/C8H11NO.CH4/c1-6-4-8(10)9(3)5-7(6)2;/h4-5H,1-3H3;1H4. The van der Waals surface area contributed by atoms with Gasteiger partial charge in [0.15, 0.2) is 0 Å². The fourth-order valence-electron chi connectivity index (χ4n) is 0.857. The van der Waals surface area contributed by atoms with Crippen molar-refractivity contribution in [3.8, 4) is 0 Å². The van der Waals surface area contributed by atoms with E-state index in [1.807, 2.05) is 20.0 Å². The highest BCUT2D eigenvalue weighted by atomic mass is 16.1. The minimum Gasteiger partial charge on any atom is -0.318 e. The number of aromatic nitrogens is 1. The number of aryl methyl sites for hydroxylation is 3. The lowest BCUT2D eigenvalue weighted by molar-refractivity contribution is 0.846. The second kappa shape index (κ2) is 3.37. The van der Waals surface area contributed by atoms with E-state index in [9.17, 15) is 4.79 Å². The zero-order valence-corrected chi connectivity index (χ0v) is 6.51. The van der Waals surface area contributed by atoms with Crippen molar-refractivity contribution in [2.75, 3.05) is 0 Å². The Balaban J connectivity index is 0.000001000. The summed E-state index contributed by atoms with van der Waals surface area (Å²) in [6.45, 7) is 3.94. The van der Waals surface area contributed by atoms with Gasteiger partial charge >= 0.3 is 0 Å². The van der Waals surface area contributed by atoms with Crippen LogP contribution >= 0.6 is 0 Å². The zero-order valence-electron chi connectivity index (χ0n) is 6.51. The van der Waals surface area contributed by atoms with Gasteiger partial charge in [0.25, 0.3) is 5.56 Å². The smallest absolute Gasteiger partial charge is 0.250 e. The Morgan fingerprint density at radius 1 is 1.27 bits per heavy atom. The third-order valence-corrected chi connectivity index (χ3v) is 1.70. The molecule has 0 radical (unpaired) electrons.